The third kappa shape index (κ3) is 4.05. The van der Waals surface area contributed by atoms with E-state index in [1.807, 2.05) is 30.3 Å². The van der Waals surface area contributed by atoms with Crippen molar-refractivity contribution in [3.63, 3.8) is 0 Å². The van der Waals surface area contributed by atoms with Gasteiger partial charge in [-0.25, -0.2) is 21.6 Å². The quantitative estimate of drug-likeness (QED) is 0.852. The van der Waals surface area contributed by atoms with Gasteiger partial charge in [-0.05, 0) is 37.3 Å². The summed E-state index contributed by atoms with van der Waals surface area (Å²) in [4.78, 5) is 0. The zero-order valence-corrected chi connectivity index (χ0v) is 15.1. The van der Waals surface area contributed by atoms with Gasteiger partial charge in [-0.15, -0.1) is 0 Å². The molecule has 6 nitrogen and oxygen atoms in total. The number of hydrogen-bond donors (Lipinski definition) is 1. The Kier molecular flexibility index (Phi) is 4.83. The maximum Gasteiger partial charge on any atom is 0.233 e. The number of sulfonamides is 2. The first kappa shape index (κ1) is 17.6. The summed E-state index contributed by atoms with van der Waals surface area (Å²) in [6.45, 7) is 0. The van der Waals surface area contributed by atoms with E-state index in [4.69, 9.17) is 0 Å². The molecule has 0 spiro atoms. The second-order valence-corrected chi connectivity index (χ2v) is 10.0. The van der Waals surface area contributed by atoms with Gasteiger partial charge in [-0.1, -0.05) is 30.3 Å². The van der Waals surface area contributed by atoms with E-state index in [9.17, 15) is 16.8 Å². The molecule has 2 aliphatic heterocycles. The minimum Gasteiger partial charge on any atom is -0.212 e. The van der Waals surface area contributed by atoms with Gasteiger partial charge in [0.25, 0.3) is 0 Å². The summed E-state index contributed by atoms with van der Waals surface area (Å²) < 4.78 is 52.5. The van der Waals surface area contributed by atoms with Gasteiger partial charge in [0.1, 0.15) is 0 Å². The topological polar surface area (TPSA) is 83.6 Å². The van der Waals surface area contributed by atoms with Gasteiger partial charge in [0.2, 0.25) is 20.0 Å². The van der Waals surface area contributed by atoms with E-state index in [0.717, 1.165) is 18.4 Å². The number of piperidine rings is 1. The van der Waals surface area contributed by atoms with Crippen molar-refractivity contribution in [3.8, 4) is 0 Å². The highest BCUT2D eigenvalue weighted by molar-refractivity contribution is 7.92. The molecule has 2 fully saturated rings. The molecule has 1 aromatic rings. The van der Waals surface area contributed by atoms with E-state index in [0.29, 0.717) is 12.8 Å². The lowest BCUT2D eigenvalue weighted by atomic mass is 10.0. The molecular formula is C16H22N2O4S2. The molecule has 2 heterocycles. The number of benzene rings is 1. The van der Waals surface area contributed by atoms with Gasteiger partial charge in [0.15, 0.2) is 0 Å². The molecule has 8 heteroatoms. The average Bonchev–Trinajstić information content (AvgIpc) is 2.79. The van der Waals surface area contributed by atoms with Crippen molar-refractivity contribution >= 4 is 26.1 Å². The molecule has 2 atom stereocenters. The predicted octanol–water partition coefficient (Wildman–Crippen LogP) is 1.53. The van der Waals surface area contributed by atoms with Crippen molar-refractivity contribution in [2.24, 2.45) is 0 Å². The van der Waals surface area contributed by atoms with Crippen LogP contribution in [0.5, 0.6) is 0 Å². The Bertz CT molecular complexity index is 805. The molecule has 132 valence electrons. The monoisotopic (exact) mass is 370 g/mol. The number of nitrogens with zero attached hydrogens (tertiary/aromatic N) is 1. The van der Waals surface area contributed by atoms with Crippen molar-refractivity contribution in [2.75, 3.05) is 6.26 Å². The molecule has 2 aliphatic rings. The summed E-state index contributed by atoms with van der Waals surface area (Å²) in [5.41, 5.74) is 0.815. The Labute approximate surface area is 143 Å². The molecule has 24 heavy (non-hydrogen) atoms. The predicted molar refractivity (Wildman–Crippen MR) is 94.0 cm³/mol. The van der Waals surface area contributed by atoms with Gasteiger partial charge >= 0.3 is 0 Å². The number of rotatable bonds is 5. The van der Waals surface area contributed by atoms with E-state index >= 15 is 0 Å². The number of hydrogen-bond acceptors (Lipinski definition) is 4. The molecule has 0 aromatic heterocycles. The maximum atomic E-state index is 12.3. The second kappa shape index (κ2) is 6.59. The van der Waals surface area contributed by atoms with Gasteiger partial charge < -0.3 is 0 Å². The maximum absolute atomic E-state index is 12.3. The molecule has 1 N–H and O–H groups in total. The molecule has 2 bridgehead atoms. The summed E-state index contributed by atoms with van der Waals surface area (Å²) in [5, 5.41) is 1.17. The van der Waals surface area contributed by atoms with Crippen LogP contribution in [0.25, 0.3) is 6.08 Å². The molecule has 1 aromatic carbocycles. The molecular weight excluding hydrogens is 348 g/mol. The van der Waals surface area contributed by atoms with Gasteiger partial charge in [-0.2, -0.15) is 4.31 Å². The fourth-order valence-corrected chi connectivity index (χ4v) is 6.31. The van der Waals surface area contributed by atoms with Crippen molar-refractivity contribution in [3.05, 3.63) is 41.3 Å². The summed E-state index contributed by atoms with van der Waals surface area (Å²) in [7, 11) is -6.78. The highest BCUT2D eigenvalue weighted by atomic mass is 32.2. The SMILES string of the molecule is CS(=O)(=O)N1C2CCC1CC(NS(=O)(=O)/C=C/c1ccccc1)C2. The Morgan fingerprint density at radius 1 is 1.04 bits per heavy atom. The molecule has 3 rings (SSSR count). The van der Waals surface area contributed by atoms with E-state index in [2.05, 4.69) is 4.72 Å². The first-order valence-corrected chi connectivity index (χ1v) is 11.4. The lowest BCUT2D eigenvalue weighted by Crippen LogP contribution is -2.51. The second-order valence-electron chi connectivity index (χ2n) is 6.52. The van der Waals surface area contributed by atoms with Crippen molar-refractivity contribution in [1.29, 1.82) is 0 Å². The minimum absolute atomic E-state index is 0.0930. The summed E-state index contributed by atoms with van der Waals surface area (Å²) in [6, 6.07) is 8.82. The van der Waals surface area contributed by atoms with Crippen LogP contribution < -0.4 is 4.72 Å². The van der Waals surface area contributed by atoms with Crippen molar-refractivity contribution in [2.45, 2.75) is 43.8 Å². The van der Waals surface area contributed by atoms with Crippen LogP contribution in [0.1, 0.15) is 31.2 Å². The largest absolute Gasteiger partial charge is 0.233 e. The Balaban J connectivity index is 1.66. The molecule has 2 saturated heterocycles. The Morgan fingerprint density at radius 2 is 1.62 bits per heavy atom. The molecule has 0 aliphatic carbocycles. The van der Waals surface area contributed by atoms with Gasteiger partial charge in [0.05, 0.1) is 6.26 Å². The summed E-state index contributed by atoms with van der Waals surface area (Å²) in [5.74, 6) is 0. The minimum atomic E-state index is -3.55. The summed E-state index contributed by atoms with van der Waals surface area (Å²) in [6.07, 6.45) is 5.45. The highest BCUT2D eigenvalue weighted by Gasteiger charge is 2.45. The zero-order chi connectivity index (χ0) is 17.4. The molecule has 0 amide bonds. The zero-order valence-electron chi connectivity index (χ0n) is 13.5. The highest BCUT2D eigenvalue weighted by Crippen LogP contribution is 2.37. The normalized spacial score (nSPS) is 28.5. The van der Waals surface area contributed by atoms with Crippen LogP contribution in [0.15, 0.2) is 35.7 Å². The lowest BCUT2D eigenvalue weighted by molar-refractivity contribution is 0.221. The Morgan fingerprint density at radius 3 is 2.17 bits per heavy atom. The van der Waals surface area contributed by atoms with Crippen LogP contribution >= 0.6 is 0 Å². The smallest absolute Gasteiger partial charge is 0.212 e. The van der Waals surface area contributed by atoms with E-state index in [1.54, 1.807) is 10.4 Å². The molecule has 2 unspecified atom stereocenters. The number of nitrogens with one attached hydrogen (secondary N) is 1. The van der Waals surface area contributed by atoms with Crippen molar-refractivity contribution < 1.29 is 16.8 Å². The summed E-state index contributed by atoms with van der Waals surface area (Å²) >= 11 is 0. The fraction of sp³-hybridized carbons (Fsp3) is 0.500. The van der Waals surface area contributed by atoms with E-state index in [-0.39, 0.29) is 18.1 Å². The van der Waals surface area contributed by atoms with Crippen LogP contribution in [-0.4, -0.2) is 45.5 Å². The molecule has 0 radical (unpaired) electrons. The van der Waals surface area contributed by atoms with Gasteiger partial charge in [0, 0.05) is 23.5 Å². The van der Waals surface area contributed by atoms with Gasteiger partial charge in [-0.3, -0.25) is 0 Å². The first-order chi connectivity index (χ1) is 11.2. The Hall–Kier alpha value is -1.22. The number of fused-ring (bicyclic) bond motifs is 2. The fourth-order valence-electron chi connectivity index (χ4n) is 3.78. The first-order valence-electron chi connectivity index (χ1n) is 7.98. The van der Waals surface area contributed by atoms with Crippen LogP contribution in [0, 0.1) is 0 Å². The van der Waals surface area contributed by atoms with Crippen LogP contribution in [0.2, 0.25) is 0 Å². The third-order valence-corrected chi connectivity index (χ3v) is 7.14. The van der Waals surface area contributed by atoms with E-state index in [1.165, 1.54) is 11.7 Å². The van der Waals surface area contributed by atoms with Crippen LogP contribution in [0.3, 0.4) is 0 Å². The lowest BCUT2D eigenvalue weighted by Gasteiger charge is -2.37. The van der Waals surface area contributed by atoms with Crippen LogP contribution in [0.4, 0.5) is 0 Å². The molecule has 0 saturated carbocycles. The van der Waals surface area contributed by atoms with Crippen LogP contribution in [-0.2, 0) is 20.0 Å². The third-order valence-electron chi connectivity index (χ3n) is 4.62. The van der Waals surface area contributed by atoms with E-state index < -0.39 is 20.0 Å². The standard InChI is InChI=1S/C16H22N2O4S2/c1-23(19,20)18-15-7-8-16(18)12-14(11-15)17-24(21,22)10-9-13-5-3-2-4-6-13/h2-6,9-10,14-17H,7-8,11-12H2,1H3/b10-9+. The van der Waals surface area contributed by atoms with Crippen molar-refractivity contribution in [1.82, 2.24) is 9.03 Å². The average molecular weight is 370 g/mol.